The smallest absolute Gasteiger partial charge is 0.276 e. The number of rotatable bonds is 5. The SMILES string of the molecule is Cc1cc(C)nc(CN(C)C(=O)c2cc(CN3CCOCC3)on2)c1. The van der Waals surface area contributed by atoms with Crippen molar-refractivity contribution in [2.45, 2.75) is 26.9 Å². The first-order chi connectivity index (χ1) is 12.0. The quantitative estimate of drug-likeness (QED) is 0.823. The van der Waals surface area contributed by atoms with E-state index in [-0.39, 0.29) is 5.91 Å². The normalized spacial score (nSPS) is 15.3. The highest BCUT2D eigenvalue weighted by Gasteiger charge is 2.19. The number of nitrogens with zero attached hydrogens (tertiary/aromatic N) is 4. The van der Waals surface area contributed by atoms with Gasteiger partial charge in [-0.05, 0) is 31.5 Å². The Morgan fingerprint density at radius 2 is 2.00 bits per heavy atom. The Hall–Kier alpha value is -2.25. The highest BCUT2D eigenvalue weighted by molar-refractivity contribution is 5.92. The van der Waals surface area contributed by atoms with Crippen LogP contribution < -0.4 is 0 Å². The molecule has 7 nitrogen and oxygen atoms in total. The minimum absolute atomic E-state index is 0.169. The zero-order chi connectivity index (χ0) is 17.8. The van der Waals surface area contributed by atoms with Crippen LogP contribution in [0.5, 0.6) is 0 Å². The number of hydrogen-bond donors (Lipinski definition) is 0. The van der Waals surface area contributed by atoms with Crippen LogP contribution in [0.1, 0.15) is 33.2 Å². The summed E-state index contributed by atoms with van der Waals surface area (Å²) < 4.78 is 10.7. The maximum atomic E-state index is 12.6. The molecule has 0 N–H and O–H groups in total. The van der Waals surface area contributed by atoms with Gasteiger partial charge in [0.15, 0.2) is 11.5 Å². The minimum Gasteiger partial charge on any atom is -0.379 e. The van der Waals surface area contributed by atoms with Crippen LogP contribution in [0.3, 0.4) is 0 Å². The predicted octanol–water partition coefficient (Wildman–Crippen LogP) is 1.79. The maximum absolute atomic E-state index is 12.6. The van der Waals surface area contributed by atoms with E-state index >= 15 is 0 Å². The Morgan fingerprint density at radius 1 is 1.24 bits per heavy atom. The largest absolute Gasteiger partial charge is 0.379 e. The van der Waals surface area contributed by atoms with Gasteiger partial charge in [0, 0.05) is 31.9 Å². The van der Waals surface area contributed by atoms with Crippen LogP contribution in [-0.2, 0) is 17.8 Å². The molecule has 134 valence electrons. The van der Waals surface area contributed by atoms with Crippen molar-refractivity contribution in [3.63, 3.8) is 0 Å². The van der Waals surface area contributed by atoms with Crippen molar-refractivity contribution in [2.75, 3.05) is 33.4 Å². The van der Waals surface area contributed by atoms with Gasteiger partial charge in [0.1, 0.15) is 0 Å². The first kappa shape index (κ1) is 17.6. The van der Waals surface area contributed by atoms with Gasteiger partial charge in [0.25, 0.3) is 5.91 Å². The maximum Gasteiger partial charge on any atom is 0.276 e. The van der Waals surface area contributed by atoms with Crippen LogP contribution in [-0.4, -0.2) is 59.2 Å². The van der Waals surface area contributed by atoms with Crippen LogP contribution in [0.2, 0.25) is 0 Å². The number of amides is 1. The summed E-state index contributed by atoms with van der Waals surface area (Å²) in [7, 11) is 1.75. The number of carbonyl (C=O) groups excluding carboxylic acids is 1. The van der Waals surface area contributed by atoms with Gasteiger partial charge in [-0.1, -0.05) is 5.16 Å². The molecule has 7 heteroatoms. The zero-order valence-corrected chi connectivity index (χ0v) is 15.0. The number of aromatic nitrogens is 2. The van der Waals surface area contributed by atoms with Gasteiger partial charge in [0.05, 0.1) is 32.0 Å². The van der Waals surface area contributed by atoms with E-state index in [4.69, 9.17) is 9.26 Å². The Balaban J connectivity index is 1.61. The van der Waals surface area contributed by atoms with Gasteiger partial charge in [-0.2, -0.15) is 0 Å². The lowest BCUT2D eigenvalue weighted by atomic mass is 10.2. The molecule has 2 aromatic rings. The van der Waals surface area contributed by atoms with Crippen LogP contribution in [0.25, 0.3) is 0 Å². The van der Waals surface area contributed by atoms with Gasteiger partial charge in [-0.15, -0.1) is 0 Å². The molecule has 1 amide bonds. The molecular formula is C18H24N4O3. The first-order valence-electron chi connectivity index (χ1n) is 8.46. The van der Waals surface area contributed by atoms with Gasteiger partial charge >= 0.3 is 0 Å². The van der Waals surface area contributed by atoms with Crippen molar-refractivity contribution in [3.8, 4) is 0 Å². The van der Waals surface area contributed by atoms with E-state index in [0.29, 0.717) is 24.5 Å². The average molecular weight is 344 g/mol. The van der Waals surface area contributed by atoms with Crippen molar-refractivity contribution in [1.29, 1.82) is 0 Å². The molecule has 1 aliphatic heterocycles. The molecule has 2 aromatic heterocycles. The number of morpholine rings is 1. The monoisotopic (exact) mass is 344 g/mol. The molecule has 0 atom stereocenters. The fraction of sp³-hybridized carbons (Fsp3) is 0.500. The summed E-state index contributed by atoms with van der Waals surface area (Å²) in [6.45, 7) is 8.24. The highest BCUT2D eigenvalue weighted by Crippen LogP contribution is 2.12. The van der Waals surface area contributed by atoms with Crippen LogP contribution >= 0.6 is 0 Å². The van der Waals surface area contributed by atoms with Crippen molar-refractivity contribution in [3.05, 3.63) is 46.6 Å². The van der Waals surface area contributed by atoms with E-state index in [1.165, 1.54) is 0 Å². The van der Waals surface area contributed by atoms with E-state index in [0.717, 1.165) is 43.3 Å². The Kier molecular flexibility index (Phi) is 5.45. The molecule has 1 saturated heterocycles. The standard InChI is InChI=1S/C18H24N4O3/c1-13-8-14(2)19-15(9-13)11-21(3)18(23)17-10-16(25-20-17)12-22-4-6-24-7-5-22/h8-10H,4-7,11-12H2,1-3H3. The van der Waals surface area contributed by atoms with E-state index in [1.54, 1.807) is 18.0 Å². The Bertz CT molecular complexity index is 717. The summed E-state index contributed by atoms with van der Waals surface area (Å²) in [4.78, 5) is 20.9. The topological polar surface area (TPSA) is 71.7 Å². The molecule has 3 rings (SSSR count). The predicted molar refractivity (Wildman–Crippen MR) is 92.1 cm³/mol. The Morgan fingerprint density at radius 3 is 2.72 bits per heavy atom. The second-order valence-corrected chi connectivity index (χ2v) is 6.51. The van der Waals surface area contributed by atoms with E-state index in [2.05, 4.69) is 15.0 Å². The van der Waals surface area contributed by atoms with Crippen LogP contribution in [0, 0.1) is 13.8 Å². The lowest BCUT2D eigenvalue weighted by Crippen LogP contribution is -2.35. The molecule has 0 bridgehead atoms. The third-order valence-electron chi connectivity index (χ3n) is 4.16. The van der Waals surface area contributed by atoms with Gasteiger partial charge in [0.2, 0.25) is 0 Å². The third-order valence-corrected chi connectivity index (χ3v) is 4.16. The summed E-state index contributed by atoms with van der Waals surface area (Å²) in [5.74, 6) is 0.529. The molecule has 1 fully saturated rings. The lowest BCUT2D eigenvalue weighted by molar-refractivity contribution is 0.0305. The van der Waals surface area contributed by atoms with Crippen molar-refractivity contribution in [1.82, 2.24) is 19.9 Å². The zero-order valence-electron chi connectivity index (χ0n) is 15.0. The second-order valence-electron chi connectivity index (χ2n) is 6.51. The fourth-order valence-corrected chi connectivity index (χ4v) is 2.98. The molecule has 25 heavy (non-hydrogen) atoms. The van der Waals surface area contributed by atoms with Gasteiger partial charge in [-0.25, -0.2) is 0 Å². The molecular weight excluding hydrogens is 320 g/mol. The summed E-state index contributed by atoms with van der Waals surface area (Å²) in [6.07, 6.45) is 0. The molecule has 3 heterocycles. The van der Waals surface area contributed by atoms with Gasteiger partial charge in [-0.3, -0.25) is 14.7 Å². The van der Waals surface area contributed by atoms with Crippen LogP contribution in [0.4, 0.5) is 0 Å². The Labute approximate surface area is 147 Å². The van der Waals surface area contributed by atoms with Crippen molar-refractivity contribution >= 4 is 5.91 Å². The molecule has 1 aliphatic rings. The van der Waals surface area contributed by atoms with E-state index in [1.807, 2.05) is 26.0 Å². The number of carbonyl (C=O) groups is 1. The lowest BCUT2D eigenvalue weighted by Gasteiger charge is -2.25. The molecule has 0 aromatic carbocycles. The molecule has 0 radical (unpaired) electrons. The van der Waals surface area contributed by atoms with Crippen molar-refractivity contribution in [2.24, 2.45) is 0 Å². The number of pyridine rings is 1. The molecule has 0 saturated carbocycles. The van der Waals surface area contributed by atoms with Crippen LogP contribution in [0.15, 0.2) is 22.7 Å². The van der Waals surface area contributed by atoms with E-state index < -0.39 is 0 Å². The summed E-state index contributed by atoms with van der Waals surface area (Å²) in [5, 5.41) is 3.93. The number of ether oxygens (including phenoxy) is 1. The second kappa shape index (κ2) is 7.76. The van der Waals surface area contributed by atoms with Gasteiger partial charge < -0.3 is 14.2 Å². The van der Waals surface area contributed by atoms with Crippen molar-refractivity contribution < 1.29 is 14.1 Å². The first-order valence-corrected chi connectivity index (χ1v) is 8.46. The third kappa shape index (κ3) is 4.64. The molecule has 0 aliphatic carbocycles. The summed E-state index contributed by atoms with van der Waals surface area (Å²) in [5.41, 5.74) is 3.28. The molecule has 0 unspecified atom stereocenters. The van der Waals surface area contributed by atoms with E-state index in [9.17, 15) is 4.79 Å². The molecule has 0 spiro atoms. The summed E-state index contributed by atoms with van der Waals surface area (Å²) in [6, 6.07) is 5.73. The fourth-order valence-electron chi connectivity index (χ4n) is 2.98. The number of hydrogen-bond acceptors (Lipinski definition) is 6. The highest BCUT2D eigenvalue weighted by atomic mass is 16.5. The summed E-state index contributed by atoms with van der Waals surface area (Å²) >= 11 is 0. The average Bonchev–Trinajstić information content (AvgIpc) is 3.02. The number of aryl methyl sites for hydroxylation is 2. The minimum atomic E-state index is -0.169.